The molecule has 2 aromatic heterocycles. The van der Waals surface area contributed by atoms with Crippen molar-refractivity contribution in [3.8, 4) is 17.0 Å². The van der Waals surface area contributed by atoms with Gasteiger partial charge in [0, 0.05) is 41.1 Å². The molecule has 1 aliphatic heterocycles. The number of pyridine rings is 1. The van der Waals surface area contributed by atoms with Crippen LogP contribution >= 0.6 is 11.6 Å². The van der Waals surface area contributed by atoms with Gasteiger partial charge >= 0.3 is 0 Å². The lowest BCUT2D eigenvalue weighted by atomic mass is 9.93. The molecule has 3 heterocycles. The summed E-state index contributed by atoms with van der Waals surface area (Å²) in [6.07, 6.45) is 3.07. The maximum absolute atomic E-state index is 14.5. The van der Waals surface area contributed by atoms with E-state index >= 15 is 0 Å². The van der Waals surface area contributed by atoms with E-state index in [0.29, 0.717) is 18.1 Å². The number of hydrogen-bond acceptors (Lipinski definition) is 5. The number of nitrogens with two attached hydrogens (primary N) is 1. The highest BCUT2D eigenvalue weighted by atomic mass is 35.5. The molecule has 0 spiro atoms. The largest absolute Gasteiger partial charge is 0.490 e. The maximum atomic E-state index is 14.5. The lowest BCUT2D eigenvalue weighted by Crippen LogP contribution is -2.15. The summed E-state index contributed by atoms with van der Waals surface area (Å²) in [4.78, 5) is 4.61. The summed E-state index contributed by atoms with van der Waals surface area (Å²) >= 11 is 5.88. The molecule has 0 aliphatic carbocycles. The number of rotatable bonds is 4. The third kappa shape index (κ3) is 3.07. The number of fused-ring (bicyclic) bond motifs is 1. The summed E-state index contributed by atoms with van der Waals surface area (Å²) in [5, 5.41) is 3.53. The molecule has 3 aromatic rings. The molecule has 2 N–H and O–H groups in total. The fraction of sp³-hybridized carbons (Fsp3) is 0.263. The number of hydrogen-bond donors (Lipinski definition) is 1. The minimum atomic E-state index is -0.829. The smallest absolute Gasteiger partial charge is 0.149 e. The molecular weight excluding hydrogens is 376 g/mol. The monoisotopic (exact) mass is 391 g/mol. The molecule has 4 rings (SSSR count). The molecule has 27 heavy (non-hydrogen) atoms. The third-order valence-electron chi connectivity index (χ3n) is 4.74. The Morgan fingerprint density at radius 3 is 2.81 bits per heavy atom. The van der Waals surface area contributed by atoms with E-state index in [1.807, 2.05) is 13.0 Å². The summed E-state index contributed by atoms with van der Waals surface area (Å²) < 4.78 is 38.8. The molecule has 8 heteroatoms. The first-order valence-electron chi connectivity index (χ1n) is 8.41. The van der Waals surface area contributed by atoms with Crippen LogP contribution in [0.2, 0.25) is 5.02 Å². The highest BCUT2D eigenvalue weighted by Gasteiger charge is 2.29. The Hall–Kier alpha value is -2.51. The Bertz CT molecular complexity index is 995. The molecule has 5 nitrogen and oxygen atoms in total. The molecule has 0 amide bonds. The van der Waals surface area contributed by atoms with Crippen molar-refractivity contribution in [3.63, 3.8) is 0 Å². The molecule has 0 bridgehead atoms. The van der Waals surface area contributed by atoms with E-state index in [9.17, 15) is 8.78 Å². The number of nitrogens with zero attached hydrogens (tertiary/aromatic N) is 2. The Labute approximate surface area is 159 Å². The van der Waals surface area contributed by atoms with E-state index in [-0.39, 0.29) is 34.7 Å². The van der Waals surface area contributed by atoms with Crippen molar-refractivity contribution in [1.29, 1.82) is 0 Å². The fourth-order valence-corrected chi connectivity index (χ4v) is 3.43. The van der Waals surface area contributed by atoms with Crippen LogP contribution in [0.5, 0.6) is 5.75 Å². The van der Waals surface area contributed by atoms with E-state index in [4.69, 9.17) is 26.6 Å². The lowest BCUT2D eigenvalue weighted by molar-refractivity contribution is 0.337. The van der Waals surface area contributed by atoms with Crippen LogP contribution in [0.3, 0.4) is 0 Å². The van der Waals surface area contributed by atoms with Crippen LogP contribution in [0.1, 0.15) is 35.6 Å². The SMILES string of the molecule is CC1COc2c1cc(C(CN)c1cnoc1)nc2-c1cc(Cl)c(F)cc1F. The first kappa shape index (κ1) is 17.9. The molecule has 0 fully saturated rings. The van der Waals surface area contributed by atoms with Gasteiger partial charge < -0.3 is 15.0 Å². The van der Waals surface area contributed by atoms with Gasteiger partial charge in [-0.15, -0.1) is 0 Å². The second kappa shape index (κ2) is 6.90. The topological polar surface area (TPSA) is 74.2 Å². The quantitative estimate of drug-likeness (QED) is 0.673. The van der Waals surface area contributed by atoms with Gasteiger partial charge in [0.15, 0.2) is 0 Å². The van der Waals surface area contributed by atoms with E-state index in [1.54, 1.807) is 6.20 Å². The van der Waals surface area contributed by atoms with Crippen molar-refractivity contribution in [3.05, 3.63) is 64.1 Å². The van der Waals surface area contributed by atoms with Crippen LogP contribution in [0, 0.1) is 11.6 Å². The molecular formula is C19H16ClF2N3O2. The Balaban J connectivity index is 1.93. The molecule has 140 valence electrons. The first-order valence-corrected chi connectivity index (χ1v) is 8.79. The standard InChI is InChI=1S/C19H16ClF2N3O2/c1-9-7-26-19-11(9)3-17(13(5-23)10-6-24-27-8-10)25-18(19)12-2-14(20)16(22)4-15(12)21/h2-4,6,8-9,13H,5,7,23H2,1H3. The summed E-state index contributed by atoms with van der Waals surface area (Å²) in [6.45, 7) is 2.71. The van der Waals surface area contributed by atoms with Gasteiger partial charge in [-0.05, 0) is 12.1 Å². The Kier molecular flexibility index (Phi) is 4.57. The number of aromatic nitrogens is 2. The first-order chi connectivity index (χ1) is 13.0. The van der Waals surface area contributed by atoms with Crippen molar-refractivity contribution >= 4 is 11.6 Å². The molecule has 1 aromatic carbocycles. The Morgan fingerprint density at radius 2 is 2.11 bits per heavy atom. The molecule has 0 saturated carbocycles. The van der Waals surface area contributed by atoms with Crippen molar-refractivity contribution in [1.82, 2.24) is 10.1 Å². The molecule has 0 saturated heterocycles. The average Bonchev–Trinajstić information content (AvgIpc) is 3.29. The summed E-state index contributed by atoms with van der Waals surface area (Å²) in [5.74, 6) is -1.30. The molecule has 1 aliphatic rings. The van der Waals surface area contributed by atoms with Crippen molar-refractivity contribution < 1.29 is 18.0 Å². The van der Waals surface area contributed by atoms with Crippen molar-refractivity contribution in [2.45, 2.75) is 18.8 Å². The van der Waals surface area contributed by atoms with E-state index in [0.717, 1.165) is 17.2 Å². The molecule has 0 radical (unpaired) electrons. The van der Waals surface area contributed by atoms with Gasteiger partial charge in [-0.2, -0.15) is 0 Å². The zero-order valence-corrected chi connectivity index (χ0v) is 15.1. The lowest BCUT2D eigenvalue weighted by Gasteiger charge is -2.17. The third-order valence-corrected chi connectivity index (χ3v) is 5.03. The van der Waals surface area contributed by atoms with Gasteiger partial charge in [0.2, 0.25) is 0 Å². The van der Waals surface area contributed by atoms with Crippen LogP contribution in [0.25, 0.3) is 11.3 Å². The molecule has 2 atom stereocenters. The number of ether oxygens (including phenoxy) is 1. The second-order valence-corrected chi connectivity index (χ2v) is 6.93. The Morgan fingerprint density at radius 1 is 1.30 bits per heavy atom. The normalized spacial score (nSPS) is 16.9. The minimum absolute atomic E-state index is 0.0784. The summed E-state index contributed by atoms with van der Waals surface area (Å²) in [6, 6.07) is 3.88. The highest BCUT2D eigenvalue weighted by molar-refractivity contribution is 6.31. The predicted octanol–water partition coefficient (Wildman–Crippen LogP) is 4.25. The maximum Gasteiger partial charge on any atom is 0.149 e. The van der Waals surface area contributed by atoms with Crippen LogP contribution in [0.4, 0.5) is 8.78 Å². The zero-order valence-electron chi connectivity index (χ0n) is 14.4. The van der Waals surface area contributed by atoms with E-state index in [1.165, 1.54) is 12.3 Å². The highest BCUT2D eigenvalue weighted by Crippen LogP contribution is 2.43. The van der Waals surface area contributed by atoms with Crippen LogP contribution in [-0.2, 0) is 0 Å². The van der Waals surface area contributed by atoms with Gasteiger partial charge in [0.05, 0.1) is 23.5 Å². The van der Waals surface area contributed by atoms with Crippen LogP contribution in [-0.4, -0.2) is 23.3 Å². The average molecular weight is 392 g/mol. The predicted molar refractivity (Wildman–Crippen MR) is 95.9 cm³/mol. The van der Waals surface area contributed by atoms with Crippen molar-refractivity contribution in [2.24, 2.45) is 5.73 Å². The van der Waals surface area contributed by atoms with Gasteiger partial charge in [-0.1, -0.05) is 23.7 Å². The summed E-state index contributed by atoms with van der Waals surface area (Å²) in [5.41, 5.74) is 8.60. The van der Waals surface area contributed by atoms with Gasteiger partial charge in [0.25, 0.3) is 0 Å². The van der Waals surface area contributed by atoms with Gasteiger partial charge in [-0.25, -0.2) is 13.8 Å². The van der Waals surface area contributed by atoms with Crippen molar-refractivity contribution in [2.75, 3.05) is 13.2 Å². The van der Waals surface area contributed by atoms with Crippen LogP contribution in [0.15, 0.2) is 35.2 Å². The zero-order chi connectivity index (χ0) is 19.1. The van der Waals surface area contributed by atoms with Gasteiger partial charge in [0.1, 0.15) is 29.3 Å². The van der Waals surface area contributed by atoms with Gasteiger partial charge in [-0.3, -0.25) is 0 Å². The second-order valence-electron chi connectivity index (χ2n) is 6.52. The number of benzene rings is 1. The van der Waals surface area contributed by atoms with Crippen LogP contribution < -0.4 is 10.5 Å². The minimum Gasteiger partial charge on any atom is -0.490 e. The summed E-state index contributed by atoms with van der Waals surface area (Å²) in [7, 11) is 0. The number of halogens is 3. The van der Waals surface area contributed by atoms with E-state index < -0.39 is 11.6 Å². The fourth-order valence-electron chi connectivity index (χ4n) is 3.27. The molecule has 2 unspecified atom stereocenters. The van der Waals surface area contributed by atoms with E-state index in [2.05, 4.69) is 10.1 Å².